The van der Waals surface area contributed by atoms with Crippen molar-refractivity contribution in [1.29, 1.82) is 0 Å². The number of nitrogens with two attached hydrogens (primary N) is 2. The highest BCUT2D eigenvalue weighted by Gasteiger charge is 2.17. The van der Waals surface area contributed by atoms with Gasteiger partial charge in [0, 0.05) is 60.4 Å². The summed E-state index contributed by atoms with van der Waals surface area (Å²) in [5, 5.41) is 14.0. The van der Waals surface area contributed by atoms with Crippen LogP contribution in [0.25, 0.3) is 0 Å². The summed E-state index contributed by atoms with van der Waals surface area (Å²) in [5.41, 5.74) is 13.8. The third-order valence-corrected chi connectivity index (χ3v) is 4.96. The molecule has 7 N–H and O–H groups in total. The molecule has 0 radical (unpaired) electrons. The van der Waals surface area contributed by atoms with Gasteiger partial charge in [-0.25, -0.2) is 0 Å². The maximum atomic E-state index is 12.5. The average Bonchev–Trinajstić information content (AvgIpc) is 2.93. The van der Waals surface area contributed by atoms with Crippen molar-refractivity contribution >= 4 is 34.5 Å². The van der Waals surface area contributed by atoms with E-state index < -0.39 is 5.91 Å². The number of aliphatic hydroxyl groups excluding tert-OH is 1. The predicted octanol–water partition coefficient (Wildman–Crippen LogP) is 7.26. The fourth-order valence-electron chi connectivity index (χ4n) is 2.86. The van der Waals surface area contributed by atoms with Crippen LogP contribution in [-0.2, 0) is 0 Å². The quantitative estimate of drug-likeness (QED) is 0.151. The average molecular weight is 561 g/mol. The highest BCUT2D eigenvalue weighted by molar-refractivity contribution is 6.09. The van der Waals surface area contributed by atoms with E-state index in [0.717, 1.165) is 5.69 Å². The maximum Gasteiger partial charge on any atom is 0.255 e. The number of carbonyl (C=O) groups is 3. The number of anilines is 3. The van der Waals surface area contributed by atoms with Gasteiger partial charge in [0.2, 0.25) is 0 Å². The third-order valence-electron chi connectivity index (χ3n) is 4.96. The Balaban J connectivity index is -0.000000152. The molecule has 3 rings (SSSR count). The van der Waals surface area contributed by atoms with Gasteiger partial charge in [0.1, 0.15) is 0 Å². The molecule has 40 heavy (non-hydrogen) atoms. The molecule has 0 aliphatic rings. The summed E-state index contributed by atoms with van der Waals surface area (Å²) in [6.07, 6.45) is 0.912. The van der Waals surface area contributed by atoms with Gasteiger partial charge < -0.3 is 27.2 Å². The largest absolute Gasteiger partial charge is 0.399 e. The van der Waals surface area contributed by atoms with E-state index in [4.69, 9.17) is 16.6 Å². The van der Waals surface area contributed by atoms with Gasteiger partial charge in [0.05, 0.1) is 6.10 Å². The molecule has 3 aromatic rings. The zero-order valence-corrected chi connectivity index (χ0v) is 24.8. The van der Waals surface area contributed by atoms with E-state index >= 15 is 0 Å². The number of rotatable bonds is 7. The van der Waals surface area contributed by atoms with Gasteiger partial charge in [-0.2, -0.15) is 0 Å². The maximum absolute atomic E-state index is 12.5. The van der Waals surface area contributed by atoms with Crippen molar-refractivity contribution in [3.63, 3.8) is 0 Å². The molecular formula is C32H56N4O4. The minimum absolute atomic E-state index is 0. The number of nitrogen functional groups attached to an aromatic ring is 1. The Hall–Kier alpha value is -4.01. The topological polar surface area (TPSA) is 148 Å². The van der Waals surface area contributed by atoms with Gasteiger partial charge in [-0.1, -0.05) is 58.4 Å². The smallest absolute Gasteiger partial charge is 0.255 e. The molecule has 1 atom stereocenters. The Morgan fingerprint density at radius 3 is 1.77 bits per heavy atom. The summed E-state index contributed by atoms with van der Waals surface area (Å²) in [4.78, 5) is 36.4. The van der Waals surface area contributed by atoms with Crippen molar-refractivity contribution in [2.45, 2.75) is 54.1 Å². The van der Waals surface area contributed by atoms with E-state index in [9.17, 15) is 14.4 Å². The van der Waals surface area contributed by atoms with Crippen LogP contribution in [0.3, 0.4) is 0 Å². The summed E-state index contributed by atoms with van der Waals surface area (Å²) in [6, 6.07) is 21.4. The third kappa shape index (κ3) is 14.8. The summed E-state index contributed by atoms with van der Waals surface area (Å²) >= 11 is 0. The van der Waals surface area contributed by atoms with Crippen LogP contribution in [0, 0.1) is 5.92 Å². The Labute approximate surface area is 246 Å². The molecule has 0 spiro atoms. The van der Waals surface area contributed by atoms with Crippen LogP contribution < -0.4 is 22.1 Å². The van der Waals surface area contributed by atoms with E-state index in [1.165, 1.54) is 31.5 Å². The minimum Gasteiger partial charge on any atom is -0.399 e. The second-order valence-corrected chi connectivity index (χ2v) is 9.36. The van der Waals surface area contributed by atoms with Gasteiger partial charge in [0.25, 0.3) is 5.91 Å². The van der Waals surface area contributed by atoms with Crippen LogP contribution >= 0.6 is 0 Å². The molecule has 0 aromatic heterocycles. The number of ketones is 2. The molecule has 1 unspecified atom stereocenters. The zero-order valence-electron chi connectivity index (χ0n) is 24.8. The molecule has 0 bridgehead atoms. The molecule has 8 heteroatoms. The highest BCUT2D eigenvalue weighted by Crippen LogP contribution is 2.18. The number of aliphatic hydroxyl groups is 1. The van der Waals surface area contributed by atoms with Crippen LogP contribution in [0.5, 0.6) is 0 Å². The Morgan fingerprint density at radius 1 is 0.850 bits per heavy atom. The van der Waals surface area contributed by atoms with E-state index in [-0.39, 0.29) is 36.3 Å². The molecule has 3 aromatic carbocycles. The Morgan fingerprint density at radius 2 is 1.35 bits per heavy atom. The minimum atomic E-state index is -0.401. The lowest BCUT2D eigenvalue weighted by Crippen LogP contribution is -2.15. The SMILES string of the molecule is CC(=O)c1cc(C(=O)Nc2cccc(N)c2)cc(C(=O)C(C)C)c1.CC(O)CN.CCC.CNc1ccccc1.[HH].[HH].[HH].[HH].[HH]. The van der Waals surface area contributed by atoms with Crippen LogP contribution in [0.4, 0.5) is 17.1 Å². The molecule has 0 saturated heterocycles. The first-order chi connectivity index (χ1) is 18.9. The molecule has 0 fully saturated rings. The fraction of sp³-hybridized carbons (Fsp3) is 0.344. The number of benzene rings is 3. The zero-order chi connectivity index (χ0) is 30.7. The molecule has 0 aliphatic carbocycles. The Bertz CT molecular complexity index is 1200. The predicted molar refractivity (Wildman–Crippen MR) is 178 cm³/mol. The van der Waals surface area contributed by atoms with Crippen LogP contribution in [0.15, 0.2) is 72.8 Å². The van der Waals surface area contributed by atoms with Crippen molar-refractivity contribution < 1.29 is 26.6 Å². The number of Topliss-reactive ketones (excluding diaryl/α,β-unsaturated/α-hetero) is 2. The molecular weight excluding hydrogens is 504 g/mol. The normalized spacial score (nSPS) is 10.3. The lowest BCUT2D eigenvalue weighted by atomic mass is 9.95. The monoisotopic (exact) mass is 560 g/mol. The molecule has 0 saturated carbocycles. The van der Waals surface area contributed by atoms with Crippen molar-refractivity contribution in [2.75, 3.05) is 30.0 Å². The number of hydrogen-bond donors (Lipinski definition) is 5. The van der Waals surface area contributed by atoms with Crippen LogP contribution in [-0.4, -0.2) is 42.3 Å². The van der Waals surface area contributed by atoms with E-state index in [2.05, 4.69) is 24.5 Å². The number of hydrogen-bond acceptors (Lipinski definition) is 7. The number of carbonyl (C=O) groups excluding carboxylic acids is 3. The standard InChI is InChI=1S/C19H20N2O3.C7H9N.C3H9NO.C3H8.5H2/c1-11(2)18(23)14-7-13(12(3)22)8-15(9-14)19(24)21-17-6-4-5-16(20)10-17;1-8-7-5-3-2-4-6-7;1-3(5)2-4;1-3-2;;;;;/h4-11H,20H2,1-3H3,(H,21,24);2-6,8H,1H3;3,5H,2,4H2,1H3;3H2,1-2H3;5*1H. The molecule has 8 nitrogen and oxygen atoms in total. The van der Waals surface area contributed by atoms with Gasteiger partial charge in [-0.15, -0.1) is 0 Å². The summed E-state index contributed by atoms with van der Waals surface area (Å²) in [6.45, 7) is 11.2. The molecule has 1 amide bonds. The summed E-state index contributed by atoms with van der Waals surface area (Å²) < 4.78 is 0. The van der Waals surface area contributed by atoms with Crippen molar-refractivity contribution in [1.82, 2.24) is 0 Å². The van der Waals surface area contributed by atoms with Crippen LogP contribution in [0.2, 0.25) is 0 Å². The number of para-hydroxylation sites is 1. The highest BCUT2D eigenvalue weighted by atomic mass is 16.3. The van der Waals surface area contributed by atoms with E-state index in [1.54, 1.807) is 45.0 Å². The number of amides is 1. The fourth-order valence-corrected chi connectivity index (χ4v) is 2.86. The molecule has 0 heterocycles. The number of nitrogens with one attached hydrogen (secondary N) is 2. The van der Waals surface area contributed by atoms with E-state index in [0.29, 0.717) is 29.0 Å². The van der Waals surface area contributed by atoms with Gasteiger partial charge in [-0.3, -0.25) is 14.4 Å². The molecule has 228 valence electrons. The second kappa shape index (κ2) is 20.0. The lowest BCUT2D eigenvalue weighted by molar-refractivity contribution is 0.0939. The Kier molecular flexibility index (Phi) is 18.0. The first-order valence-electron chi connectivity index (χ1n) is 13.4. The molecule has 0 aliphatic heterocycles. The van der Waals surface area contributed by atoms with E-state index in [1.807, 2.05) is 37.4 Å². The summed E-state index contributed by atoms with van der Waals surface area (Å²) in [5.74, 6) is -0.943. The van der Waals surface area contributed by atoms with Gasteiger partial charge >= 0.3 is 0 Å². The van der Waals surface area contributed by atoms with Gasteiger partial charge in [0.15, 0.2) is 11.6 Å². The first-order valence-corrected chi connectivity index (χ1v) is 13.4. The van der Waals surface area contributed by atoms with Crippen molar-refractivity contribution in [2.24, 2.45) is 11.7 Å². The van der Waals surface area contributed by atoms with Crippen LogP contribution in [0.1, 0.15) is 86.2 Å². The second-order valence-electron chi connectivity index (χ2n) is 9.36. The van der Waals surface area contributed by atoms with Crippen molar-refractivity contribution in [3.8, 4) is 0 Å². The lowest BCUT2D eigenvalue weighted by Gasteiger charge is -2.10. The summed E-state index contributed by atoms with van der Waals surface area (Å²) in [7, 11) is 1.91. The van der Waals surface area contributed by atoms with Gasteiger partial charge in [-0.05, 0) is 62.4 Å². The van der Waals surface area contributed by atoms with Crippen molar-refractivity contribution in [3.05, 3.63) is 89.5 Å². The first kappa shape index (κ1) is 36.0.